The summed E-state index contributed by atoms with van der Waals surface area (Å²) in [5.41, 5.74) is 2.87. The fraction of sp³-hybridized carbons (Fsp3) is 0.429. The van der Waals surface area contributed by atoms with Gasteiger partial charge in [-0.3, -0.25) is 0 Å². The molecule has 32 heavy (non-hydrogen) atoms. The Morgan fingerprint density at radius 2 is 1.16 bits per heavy atom. The van der Waals surface area contributed by atoms with Crippen molar-refractivity contribution in [3.63, 3.8) is 0 Å². The molecule has 4 heteroatoms. The van der Waals surface area contributed by atoms with Crippen molar-refractivity contribution in [3.05, 3.63) is 60.7 Å². The van der Waals surface area contributed by atoms with Gasteiger partial charge in [0, 0.05) is 0 Å². The van der Waals surface area contributed by atoms with Crippen molar-refractivity contribution in [2.24, 2.45) is 0 Å². The zero-order valence-corrected chi connectivity index (χ0v) is 26.2. The van der Waals surface area contributed by atoms with Crippen molar-refractivity contribution in [1.82, 2.24) is 0 Å². The second-order valence-corrected chi connectivity index (χ2v) is 29.0. The molecule has 3 aromatic rings. The van der Waals surface area contributed by atoms with E-state index in [4.69, 9.17) is 0 Å². The van der Waals surface area contributed by atoms with Crippen LogP contribution in [0.15, 0.2) is 60.7 Å². The number of benzene rings is 2. The third kappa shape index (κ3) is 5.28. The normalized spacial score (nSPS) is 13.2. The van der Waals surface area contributed by atoms with Gasteiger partial charge in [-0.2, -0.15) is 0 Å². The van der Waals surface area contributed by atoms with Gasteiger partial charge in [-0.15, -0.1) is 0 Å². The number of nitrogens with zero attached hydrogens (tertiary/aromatic N) is 1. The van der Waals surface area contributed by atoms with Crippen LogP contribution < -0.4 is 16.3 Å². The van der Waals surface area contributed by atoms with E-state index in [9.17, 15) is 0 Å². The van der Waals surface area contributed by atoms with E-state index >= 15 is 0 Å². The molecule has 0 saturated heterocycles. The molecule has 1 aromatic heterocycles. The standard InChI is InChI=1S/C16H10NSe2.3C4H9.Sn/c1-3-8-14-12(6-1)17(16-10-5-11-18-16)13-7-2-4-9-15(13)19-14;3*1-3-4-2;/h1-10H;3*1,3-4H2,2H3;. The first-order chi connectivity index (χ1) is 15.7. The summed E-state index contributed by atoms with van der Waals surface area (Å²) < 4.78 is 11.3. The Kier molecular flexibility index (Phi) is 9.10. The van der Waals surface area contributed by atoms with Gasteiger partial charge in [0.2, 0.25) is 0 Å². The fourth-order valence-electron chi connectivity index (χ4n) is 4.97. The van der Waals surface area contributed by atoms with Gasteiger partial charge in [0.1, 0.15) is 0 Å². The molecule has 0 radical (unpaired) electrons. The zero-order chi connectivity index (χ0) is 22.4. The van der Waals surface area contributed by atoms with Crippen LogP contribution in [0, 0.1) is 0 Å². The monoisotopic (exact) mass is 667 g/mol. The molecule has 0 atom stereocenters. The molecule has 0 unspecified atom stereocenters. The molecule has 0 saturated carbocycles. The summed E-state index contributed by atoms with van der Waals surface area (Å²) in [7, 11) is 0. The van der Waals surface area contributed by atoms with Crippen LogP contribution in [0.1, 0.15) is 59.3 Å². The Hall–Kier alpha value is -0.442. The van der Waals surface area contributed by atoms with Gasteiger partial charge in [0.15, 0.2) is 0 Å². The summed E-state index contributed by atoms with van der Waals surface area (Å²) in [4.78, 5) is 2.63. The molecule has 1 aliphatic rings. The van der Waals surface area contributed by atoms with Gasteiger partial charge in [0.25, 0.3) is 0 Å². The van der Waals surface area contributed by atoms with Gasteiger partial charge in [-0.05, 0) is 0 Å². The molecule has 0 aliphatic carbocycles. The first-order valence-electron chi connectivity index (χ1n) is 12.5. The first kappa shape index (κ1) is 24.7. The van der Waals surface area contributed by atoms with E-state index in [0.717, 1.165) is 0 Å². The average molecular weight is 664 g/mol. The van der Waals surface area contributed by atoms with E-state index in [2.05, 4.69) is 86.3 Å². The summed E-state index contributed by atoms with van der Waals surface area (Å²) in [6.45, 7) is 7.16. The summed E-state index contributed by atoms with van der Waals surface area (Å²) in [6.07, 6.45) is 8.41. The maximum atomic E-state index is 2.64. The number of unbranched alkanes of at least 4 members (excludes halogenated alkanes) is 3. The van der Waals surface area contributed by atoms with Crippen LogP contribution in [0.5, 0.6) is 0 Å². The molecule has 1 aliphatic heterocycles. The Balaban J connectivity index is 1.76. The maximum absolute atomic E-state index is 2.64. The van der Waals surface area contributed by atoms with Crippen molar-refractivity contribution in [1.29, 1.82) is 0 Å². The van der Waals surface area contributed by atoms with E-state index in [1.807, 2.05) is 2.45 Å². The molecule has 4 rings (SSSR count). The number of rotatable bonds is 11. The minimum atomic E-state index is -2.33. The van der Waals surface area contributed by atoms with E-state index in [-0.39, 0.29) is 0 Å². The van der Waals surface area contributed by atoms with Gasteiger partial charge in [-0.1, -0.05) is 0 Å². The second-order valence-electron chi connectivity index (χ2n) is 9.10. The third-order valence-electron chi connectivity index (χ3n) is 6.79. The van der Waals surface area contributed by atoms with Crippen molar-refractivity contribution in [2.75, 3.05) is 4.90 Å². The van der Waals surface area contributed by atoms with Gasteiger partial charge < -0.3 is 0 Å². The summed E-state index contributed by atoms with van der Waals surface area (Å²) in [6, 6.07) is 23.4. The SMILES string of the molecule is CCC[CH2][Sn]([CH2]CCC)([CH2]CCC)[c]1ccc(N2c3ccccc3[Se]c3ccccc32)[se]1. The Morgan fingerprint density at radius 1 is 0.656 bits per heavy atom. The molecule has 0 fully saturated rings. The zero-order valence-electron chi connectivity index (χ0n) is 19.9. The van der Waals surface area contributed by atoms with Crippen molar-refractivity contribution >= 4 is 75.2 Å². The topological polar surface area (TPSA) is 3.24 Å². The molecular weight excluding hydrogens is 627 g/mol. The van der Waals surface area contributed by atoms with E-state index in [0.29, 0.717) is 29.5 Å². The van der Waals surface area contributed by atoms with Crippen molar-refractivity contribution < 1.29 is 0 Å². The molecule has 2 heterocycles. The Labute approximate surface area is 211 Å². The molecule has 0 amide bonds. The van der Waals surface area contributed by atoms with Crippen LogP contribution in [-0.2, 0) is 0 Å². The third-order valence-corrected chi connectivity index (χ3v) is 33.3. The number of anilines is 3. The van der Waals surface area contributed by atoms with E-state index in [1.54, 1.807) is 17.9 Å². The predicted molar refractivity (Wildman–Crippen MR) is 148 cm³/mol. The fourth-order valence-corrected chi connectivity index (χ4v) is 32.7. The van der Waals surface area contributed by atoms with Gasteiger partial charge in [-0.25, -0.2) is 0 Å². The number of hydrogen-bond acceptors (Lipinski definition) is 1. The van der Waals surface area contributed by atoms with Crippen LogP contribution in [0.25, 0.3) is 0 Å². The van der Waals surface area contributed by atoms with Crippen LogP contribution in [0.3, 0.4) is 0 Å². The van der Waals surface area contributed by atoms with E-state index in [1.165, 1.54) is 58.8 Å². The van der Waals surface area contributed by atoms with Crippen LogP contribution in [-0.4, -0.2) is 47.8 Å². The molecule has 1 nitrogen and oxygen atoms in total. The molecule has 0 N–H and O–H groups in total. The predicted octanol–water partition coefficient (Wildman–Crippen LogP) is 6.24. The summed E-state index contributed by atoms with van der Waals surface area (Å²) in [5.74, 6) is 0. The second kappa shape index (κ2) is 11.8. The van der Waals surface area contributed by atoms with Crippen LogP contribution in [0.2, 0.25) is 13.3 Å². The first-order valence-corrected chi connectivity index (χ1v) is 23.4. The Bertz CT molecular complexity index is 945. The number of para-hydroxylation sites is 2. The van der Waals surface area contributed by atoms with Crippen molar-refractivity contribution in [2.45, 2.75) is 72.6 Å². The number of hydrogen-bond donors (Lipinski definition) is 0. The van der Waals surface area contributed by atoms with Gasteiger partial charge in [0.05, 0.1) is 0 Å². The summed E-state index contributed by atoms with van der Waals surface area (Å²) >= 11 is -1.45. The van der Waals surface area contributed by atoms with Gasteiger partial charge >= 0.3 is 213 Å². The average Bonchev–Trinajstić information content (AvgIpc) is 3.32. The van der Waals surface area contributed by atoms with Crippen LogP contribution >= 0.6 is 0 Å². The molecule has 2 aromatic carbocycles. The van der Waals surface area contributed by atoms with Crippen LogP contribution in [0.4, 0.5) is 15.9 Å². The quantitative estimate of drug-likeness (QED) is 0.172. The van der Waals surface area contributed by atoms with E-state index < -0.39 is 18.4 Å². The number of fused-ring (bicyclic) bond motifs is 2. The molecular formula is C28H37NSe2Sn. The molecule has 0 bridgehead atoms. The van der Waals surface area contributed by atoms with Crippen molar-refractivity contribution in [3.8, 4) is 0 Å². The summed E-state index contributed by atoms with van der Waals surface area (Å²) in [5, 5.41) is 0. The molecule has 170 valence electrons. The molecule has 0 spiro atoms. The minimum absolute atomic E-state index is 0.401. The Morgan fingerprint density at radius 3 is 1.66 bits per heavy atom.